The van der Waals surface area contributed by atoms with Crippen LogP contribution in [0, 0.1) is 0 Å². The summed E-state index contributed by atoms with van der Waals surface area (Å²) < 4.78 is 16.7. The molecule has 0 unspecified atom stereocenters. The van der Waals surface area contributed by atoms with Gasteiger partial charge in [-0.1, -0.05) is 39.0 Å². The van der Waals surface area contributed by atoms with Crippen LogP contribution < -0.4 is 0 Å². The van der Waals surface area contributed by atoms with Gasteiger partial charge in [-0.05, 0) is 26.7 Å². The molecule has 1 fully saturated rings. The summed E-state index contributed by atoms with van der Waals surface area (Å²) in [5, 5.41) is 9.84. The molecule has 1 rings (SSSR count). The van der Waals surface area contributed by atoms with Crippen molar-refractivity contribution in [2.75, 3.05) is 19.8 Å². The fraction of sp³-hybridized carbons (Fsp3) is 1.00. The first kappa shape index (κ1) is 17.9. The Kier molecular flexibility index (Phi) is 8.69. The predicted molar refractivity (Wildman–Crippen MR) is 79.7 cm³/mol. The van der Waals surface area contributed by atoms with Gasteiger partial charge >= 0.3 is 0 Å². The van der Waals surface area contributed by atoms with E-state index in [1.54, 1.807) is 0 Å². The molecule has 4 nitrogen and oxygen atoms in total. The average Bonchev–Trinajstić information content (AvgIpc) is 2.74. The molecule has 1 aliphatic rings. The predicted octanol–water partition coefficient (Wildman–Crippen LogP) is 3.27. The molecule has 1 N–H and O–H groups in total. The molecular weight excluding hydrogens is 256 g/mol. The molecule has 1 heterocycles. The maximum absolute atomic E-state index is 9.84. The lowest BCUT2D eigenvalue weighted by atomic mass is 10.1. The first-order valence-corrected chi connectivity index (χ1v) is 8.11. The van der Waals surface area contributed by atoms with Gasteiger partial charge in [0.1, 0.15) is 6.10 Å². The summed E-state index contributed by atoms with van der Waals surface area (Å²) >= 11 is 0. The minimum Gasteiger partial charge on any atom is -0.393 e. The summed E-state index contributed by atoms with van der Waals surface area (Å²) in [5.41, 5.74) is 0. The molecule has 0 radical (unpaired) electrons. The Balaban J connectivity index is 1.90. The maximum atomic E-state index is 9.84. The van der Waals surface area contributed by atoms with Gasteiger partial charge in [0.05, 0.1) is 19.3 Å². The highest BCUT2D eigenvalue weighted by Crippen LogP contribution is 2.22. The molecule has 0 amide bonds. The van der Waals surface area contributed by atoms with Crippen molar-refractivity contribution in [2.24, 2.45) is 0 Å². The standard InChI is InChI=1S/C16H32O4/c1-4-5-6-7-8-9-14(17)10-11-18-12-15-13-19-16(2,3)20-15/h14-15,17H,4-13H2,1-3H3/t14-,15+/m1/s1. The molecule has 20 heavy (non-hydrogen) atoms. The van der Waals surface area contributed by atoms with E-state index in [0.717, 1.165) is 12.8 Å². The minimum absolute atomic E-state index is 0.0242. The van der Waals surface area contributed by atoms with Crippen molar-refractivity contribution >= 4 is 0 Å². The smallest absolute Gasteiger partial charge is 0.163 e. The van der Waals surface area contributed by atoms with Gasteiger partial charge in [0, 0.05) is 6.61 Å². The molecule has 1 aliphatic heterocycles. The molecule has 0 aromatic heterocycles. The second-order valence-corrected chi connectivity index (χ2v) is 6.17. The van der Waals surface area contributed by atoms with Crippen LogP contribution in [-0.4, -0.2) is 42.9 Å². The van der Waals surface area contributed by atoms with Crippen LogP contribution in [0.2, 0.25) is 0 Å². The molecular formula is C16H32O4. The number of hydrogen-bond donors (Lipinski definition) is 1. The molecule has 0 saturated carbocycles. The Bertz CT molecular complexity index is 243. The second kappa shape index (κ2) is 9.72. The van der Waals surface area contributed by atoms with Crippen LogP contribution >= 0.6 is 0 Å². The zero-order valence-electron chi connectivity index (χ0n) is 13.4. The van der Waals surface area contributed by atoms with Gasteiger partial charge in [-0.2, -0.15) is 0 Å². The molecule has 120 valence electrons. The van der Waals surface area contributed by atoms with Crippen molar-refractivity contribution in [1.82, 2.24) is 0 Å². The summed E-state index contributed by atoms with van der Waals surface area (Å²) in [4.78, 5) is 0. The van der Waals surface area contributed by atoms with Crippen LogP contribution in [-0.2, 0) is 14.2 Å². The van der Waals surface area contributed by atoms with Crippen molar-refractivity contribution in [3.05, 3.63) is 0 Å². The number of rotatable bonds is 11. The largest absolute Gasteiger partial charge is 0.393 e. The first-order valence-electron chi connectivity index (χ1n) is 8.11. The molecule has 1 saturated heterocycles. The van der Waals surface area contributed by atoms with Crippen molar-refractivity contribution < 1.29 is 19.3 Å². The zero-order chi connectivity index (χ0) is 14.8. The van der Waals surface area contributed by atoms with Crippen LogP contribution in [0.25, 0.3) is 0 Å². The summed E-state index contributed by atoms with van der Waals surface area (Å²) in [5.74, 6) is -0.480. The normalized spacial score (nSPS) is 23.1. The van der Waals surface area contributed by atoms with Crippen molar-refractivity contribution in [3.63, 3.8) is 0 Å². The molecule has 0 aliphatic carbocycles. The topological polar surface area (TPSA) is 47.9 Å². The SMILES string of the molecule is CCCCCCC[C@@H](O)CCOC[C@H]1COC(C)(C)O1. The maximum Gasteiger partial charge on any atom is 0.163 e. The summed E-state index contributed by atoms with van der Waals surface area (Å²) in [6.45, 7) is 7.77. The molecule has 0 aromatic carbocycles. The van der Waals surface area contributed by atoms with Gasteiger partial charge < -0.3 is 19.3 Å². The zero-order valence-corrected chi connectivity index (χ0v) is 13.4. The highest BCUT2D eigenvalue weighted by molar-refractivity contribution is 4.70. The molecule has 2 atom stereocenters. The Hall–Kier alpha value is -0.160. The lowest BCUT2D eigenvalue weighted by molar-refractivity contribution is -0.145. The van der Waals surface area contributed by atoms with E-state index in [0.29, 0.717) is 26.2 Å². The van der Waals surface area contributed by atoms with E-state index in [2.05, 4.69) is 6.92 Å². The Morgan fingerprint density at radius 3 is 2.60 bits per heavy atom. The lowest BCUT2D eigenvalue weighted by Crippen LogP contribution is -2.24. The average molecular weight is 288 g/mol. The molecule has 0 spiro atoms. The van der Waals surface area contributed by atoms with Gasteiger partial charge in [-0.15, -0.1) is 0 Å². The quantitative estimate of drug-likeness (QED) is 0.593. The van der Waals surface area contributed by atoms with Gasteiger partial charge in [0.25, 0.3) is 0 Å². The second-order valence-electron chi connectivity index (χ2n) is 6.17. The number of hydrogen-bond acceptors (Lipinski definition) is 4. The van der Waals surface area contributed by atoms with Crippen LogP contribution in [0.5, 0.6) is 0 Å². The molecule has 4 heteroatoms. The van der Waals surface area contributed by atoms with E-state index in [1.807, 2.05) is 13.8 Å². The van der Waals surface area contributed by atoms with Crippen LogP contribution in [0.3, 0.4) is 0 Å². The summed E-state index contributed by atoms with van der Waals surface area (Å²) in [6.07, 6.45) is 7.61. The van der Waals surface area contributed by atoms with Gasteiger partial charge in [-0.25, -0.2) is 0 Å². The van der Waals surface area contributed by atoms with E-state index in [1.165, 1.54) is 25.7 Å². The fourth-order valence-corrected chi connectivity index (χ4v) is 2.41. The van der Waals surface area contributed by atoms with E-state index in [-0.39, 0.29) is 12.2 Å². The monoisotopic (exact) mass is 288 g/mol. The number of aliphatic hydroxyl groups excluding tert-OH is 1. The minimum atomic E-state index is -0.480. The fourth-order valence-electron chi connectivity index (χ4n) is 2.41. The first-order chi connectivity index (χ1) is 9.53. The third-order valence-electron chi connectivity index (χ3n) is 3.61. The van der Waals surface area contributed by atoms with Gasteiger partial charge in [-0.3, -0.25) is 0 Å². The van der Waals surface area contributed by atoms with Crippen molar-refractivity contribution in [3.8, 4) is 0 Å². The van der Waals surface area contributed by atoms with Crippen LogP contribution in [0.4, 0.5) is 0 Å². The Labute approximate surface area is 123 Å². The highest BCUT2D eigenvalue weighted by Gasteiger charge is 2.32. The Morgan fingerprint density at radius 2 is 1.95 bits per heavy atom. The highest BCUT2D eigenvalue weighted by atomic mass is 16.7. The van der Waals surface area contributed by atoms with E-state index in [4.69, 9.17) is 14.2 Å². The van der Waals surface area contributed by atoms with Crippen molar-refractivity contribution in [2.45, 2.75) is 83.7 Å². The molecule has 0 bridgehead atoms. The number of unbranched alkanes of at least 4 members (excludes halogenated alkanes) is 4. The number of ether oxygens (including phenoxy) is 3. The van der Waals surface area contributed by atoms with E-state index in [9.17, 15) is 5.11 Å². The molecule has 0 aromatic rings. The third kappa shape index (κ3) is 8.20. The van der Waals surface area contributed by atoms with E-state index < -0.39 is 5.79 Å². The van der Waals surface area contributed by atoms with Crippen LogP contribution in [0.15, 0.2) is 0 Å². The van der Waals surface area contributed by atoms with Gasteiger partial charge in [0.2, 0.25) is 0 Å². The van der Waals surface area contributed by atoms with E-state index >= 15 is 0 Å². The summed E-state index contributed by atoms with van der Waals surface area (Å²) in [7, 11) is 0. The Morgan fingerprint density at radius 1 is 1.20 bits per heavy atom. The van der Waals surface area contributed by atoms with Crippen LogP contribution in [0.1, 0.15) is 65.7 Å². The number of aliphatic hydroxyl groups is 1. The van der Waals surface area contributed by atoms with Gasteiger partial charge in [0.15, 0.2) is 5.79 Å². The van der Waals surface area contributed by atoms with Crippen molar-refractivity contribution in [1.29, 1.82) is 0 Å². The lowest BCUT2D eigenvalue weighted by Gasteiger charge is -2.17. The summed E-state index contributed by atoms with van der Waals surface area (Å²) in [6, 6.07) is 0. The third-order valence-corrected chi connectivity index (χ3v) is 3.61.